The van der Waals surface area contributed by atoms with E-state index in [1.807, 2.05) is 23.1 Å². The zero-order valence-corrected chi connectivity index (χ0v) is 22.5. The number of nitrogens with zero attached hydrogens (tertiary/aromatic N) is 1. The molecule has 3 fully saturated rings. The molecule has 3 aliphatic rings. The van der Waals surface area contributed by atoms with E-state index in [0.717, 1.165) is 24.3 Å². The maximum absolute atomic E-state index is 13.2. The zero-order chi connectivity index (χ0) is 25.4. The third-order valence-electron chi connectivity index (χ3n) is 7.49. The first-order chi connectivity index (χ1) is 17.3. The molecule has 3 unspecified atom stereocenters. The fraction of sp³-hybridized carbons (Fsp3) is 0.464. The molecule has 2 amide bonds. The minimum atomic E-state index is -0.176. The Morgan fingerprint density at radius 3 is 2.81 bits per heavy atom. The van der Waals surface area contributed by atoms with Crippen molar-refractivity contribution in [2.24, 2.45) is 17.8 Å². The molecule has 2 heterocycles. The second kappa shape index (κ2) is 10.4. The molecule has 2 bridgehead atoms. The second-order valence-electron chi connectivity index (χ2n) is 10.3. The molecule has 1 aromatic carbocycles. The number of carbonyl (C=O) groups is 2. The molecule has 0 spiro atoms. The highest BCUT2D eigenvalue weighted by Crippen LogP contribution is 2.49. The minimum Gasteiger partial charge on any atom is -0.496 e. The summed E-state index contributed by atoms with van der Waals surface area (Å²) in [6.45, 7) is 4.85. The number of hydrogen-bond donors (Lipinski definition) is 1. The Morgan fingerprint density at radius 1 is 1.28 bits per heavy atom. The van der Waals surface area contributed by atoms with Gasteiger partial charge in [-0.2, -0.15) is 0 Å². The van der Waals surface area contributed by atoms with E-state index in [0.29, 0.717) is 50.4 Å². The first-order valence-corrected chi connectivity index (χ1v) is 13.9. The molecule has 2 aliphatic carbocycles. The van der Waals surface area contributed by atoms with Gasteiger partial charge in [0.05, 0.1) is 17.6 Å². The quantitative estimate of drug-likeness (QED) is 0.331. The Bertz CT molecular complexity index is 1220. The van der Waals surface area contributed by atoms with Gasteiger partial charge in [-0.1, -0.05) is 44.2 Å². The molecule has 190 valence electrons. The van der Waals surface area contributed by atoms with Crippen molar-refractivity contribution in [2.75, 3.05) is 13.7 Å². The third-order valence-corrected chi connectivity index (χ3v) is 8.82. The second-order valence-corrected chi connectivity index (χ2v) is 12.0. The largest absolute Gasteiger partial charge is 0.496 e. The van der Waals surface area contributed by atoms with Crippen molar-refractivity contribution in [1.29, 1.82) is 0 Å². The Hall–Kier alpha value is -2.58. The van der Waals surface area contributed by atoms with Crippen molar-refractivity contribution in [1.82, 2.24) is 10.2 Å². The van der Waals surface area contributed by atoms with Gasteiger partial charge in [-0.05, 0) is 73.8 Å². The van der Waals surface area contributed by atoms with Gasteiger partial charge in [0.2, 0.25) is 0 Å². The van der Waals surface area contributed by atoms with Gasteiger partial charge in [0, 0.05) is 24.2 Å². The summed E-state index contributed by atoms with van der Waals surface area (Å²) in [7, 11) is 1.55. The van der Waals surface area contributed by atoms with E-state index < -0.39 is 0 Å². The fourth-order valence-corrected chi connectivity index (χ4v) is 6.97. The molecule has 6 nitrogen and oxygen atoms in total. The van der Waals surface area contributed by atoms with Crippen molar-refractivity contribution in [2.45, 2.75) is 52.0 Å². The van der Waals surface area contributed by atoms with E-state index in [-0.39, 0.29) is 17.9 Å². The number of fused-ring (bicyclic) bond motifs is 2. The molecular formula is C28H32N2O4S2. The summed E-state index contributed by atoms with van der Waals surface area (Å²) >= 11 is 6.95. The molecule has 1 saturated heterocycles. The Morgan fingerprint density at radius 2 is 2.11 bits per heavy atom. The zero-order valence-electron chi connectivity index (χ0n) is 20.9. The van der Waals surface area contributed by atoms with Gasteiger partial charge in [-0.15, -0.1) is 0 Å². The summed E-state index contributed by atoms with van der Waals surface area (Å²) in [4.78, 5) is 28.5. The van der Waals surface area contributed by atoms with Crippen LogP contribution in [0.3, 0.4) is 0 Å². The normalized spacial score (nSPS) is 24.4. The van der Waals surface area contributed by atoms with Crippen LogP contribution in [-0.4, -0.2) is 40.7 Å². The average molecular weight is 525 g/mol. The molecule has 5 rings (SSSR count). The van der Waals surface area contributed by atoms with Crippen LogP contribution in [0.2, 0.25) is 0 Å². The van der Waals surface area contributed by atoms with Crippen LogP contribution in [0, 0.1) is 17.8 Å². The molecule has 36 heavy (non-hydrogen) atoms. The topological polar surface area (TPSA) is 71.8 Å². The summed E-state index contributed by atoms with van der Waals surface area (Å²) < 4.78 is 12.1. The first-order valence-electron chi connectivity index (χ1n) is 12.7. The molecule has 0 radical (unpaired) electrons. The number of furan rings is 1. The number of benzene rings is 1. The highest BCUT2D eigenvalue weighted by atomic mass is 32.2. The molecule has 8 heteroatoms. The summed E-state index contributed by atoms with van der Waals surface area (Å²) in [5.74, 6) is 3.36. The summed E-state index contributed by atoms with van der Waals surface area (Å²) in [5, 5.41) is 2.97. The lowest BCUT2D eigenvalue weighted by Crippen LogP contribution is -2.41. The van der Waals surface area contributed by atoms with Crippen LogP contribution in [0.1, 0.15) is 62.1 Å². The van der Waals surface area contributed by atoms with E-state index in [4.69, 9.17) is 21.4 Å². The van der Waals surface area contributed by atoms with Crippen LogP contribution in [0.4, 0.5) is 0 Å². The van der Waals surface area contributed by atoms with Crippen LogP contribution in [0.15, 0.2) is 39.7 Å². The van der Waals surface area contributed by atoms with E-state index in [9.17, 15) is 9.59 Å². The third kappa shape index (κ3) is 4.98. The van der Waals surface area contributed by atoms with Gasteiger partial charge in [0.1, 0.15) is 21.6 Å². The van der Waals surface area contributed by atoms with Gasteiger partial charge in [-0.3, -0.25) is 14.5 Å². The molecule has 1 N–H and O–H groups in total. The molecular weight excluding hydrogens is 492 g/mol. The monoisotopic (exact) mass is 524 g/mol. The van der Waals surface area contributed by atoms with Gasteiger partial charge in [-0.25, -0.2) is 0 Å². The lowest BCUT2D eigenvalue weighted by molar-refractivity contribution is -0.124. The molecule has 2 aromatic rings. The number of amides is 2. The number of nitrogens with one attached hydrogen (secondary N) is 1. The summed E-state index contributed by atoms with van der Waals surface area (Å²) in [6.07, 6.45) is 7.46. The Balaban J connectivity index is 1.32. The Labute approximate surface area is 221 Å². The van der Waals surface area contributed by atoms with Crippen molar-refractivity contribution in [3.63, 3.8) is 0 Å². The SMILES string of the molecule is COc1ccc(-c2ccc(/C=C3\SC(=S)N(C4CC5CCC4C5)C3=O)o2)cc1C(=O)NCCC(C)C. The number of carbonyl (C=O) groups excluding carboxylic acids is 2. The number of hydrogen-bond acceptors (Lipinski definition) is 6. The lowest BCUT2D eigenvalue weighted by atomic mass is 9.94. The maximum atomic E-state index is 13.2. The highest BCUT2D eigenvalue weighted by Gasteiger charge is 2.48. The minimum absolute atomic E-state index is 0.00898. The van der Waals surface area contributed by atoms with E-state index in [2.05, 4.69) is 19.2 Å². The average Bonchev–Trinajstić information content (AvgIpc) is 3.64. The lowest BCUT2D eigenvalue weighted by Gasteiger charge is -2.30. The number of rotatable bonds is 8. The molecule has 2 saturated carbocycles. The van der Waals surface area contributed by atoms with E-state index in [1.54, 1.807) is 25.3 Å². The number of methoxy groups -OCH3 is 1. The van der Waals surface area contributed by atoms with Crippen molar-refractivity contribution < 1.29 is 18.7 Å². The number of thioether (sulfide) groups is 1. The van der Waals surface area contributed by atoms with E-state index >= 15 is 0 Å². The van der Waals surface area contributed by atoms with Crippen LogP contribution in [0.5, 0.6) is 5.75 Å². The van der Waals surface area contributed by atoms with Crippen LogP contribution >= 0.6 is 24.0 Å². The number of thiocarbonyl (C=S) groups is 1. The standard InChI is InChI=1S/C28H32N2O4S2/c1-16(2)10-11-29-26(31)21-14-19(6-8-24(21)33-3)23-9-7-20(34-23)15-25-27(32)30(28(35)36-25)22-13-17-4-5-18(22)12-17/h6-9,14-18,22H,4-5,10-13H2,1-3H3,(H,29,31)/b25-15-. The predicted molar refractivity (Wildman–Crippen MR) is 147 cm³/mol. The highest BCUT2D eigenvalue weighted by molar-refractivity contribution is 8.26. The summed E-state index contributed by atoms with van der Waals surface area (Å²) in [5.41, 5.74) is 1.22. The van der Waals surface area contributed by atoms with E-state index in [1.165, 1.54) is 31.0 Å². The van der Waals surface area contributed by atoms with Crippen molar-refractivity contribution in [3.05, 3.63) is 46.6 Å². The van der Waals surface area contributed by atoms with Gasteiger partial charge >= 0.3 is 0 Å². The smallest absolute Gasteiger partial charge is 0.266 e. The van der Waals surface area contributed by atoms with Gasteiger partial charge in [0.15, 0.2) is 0 Å². The summed E-state index contributed by atoms with van der Waals surface area (Å²) in [6, 6.07) is 9.35. The molecule has 1 aromatic heterocycles. The fourth-order valence-electron chi connectivity index (χ4n) is 5.62. The van der Waals surface area contributed by atoms with Crippen molar-refractivity contribution >= 4 is 46.2 Å². The van der Waals surface area contributed by atoms with Crippen molar-refractivity contribution in [3.8, 4) is 17.1 Å². The first kappa shape index (κ1) is 25.1. The van der Waals surface area contributed by atoms with Gasteiger partial charge < -0.3 is 14.5 Å². The number of ether oxygens (including phenoxy) is 1. The van der Waals surface area contributed by atoms with Crippen LogP contribution in [-0.2, 0) is 4.79 Å². The van der Waals surface area contributed by atoms with Crippen LogP contribution in [0.25, 0.3) is 17.4 Å². The predicted octanol–water partition coefficient (Wildman–Crippen LogP) is 6.12. The van der Waals surface area contributed by atoms with Gasteiger partial charge in [0.25, 0.3) is 11.8 Å². The maximum Gasteiger partial charge on any atom is 0.266 e. The molecule has 3 atom stereocenters. The molecule has 1 aliphatic heterocycles. The Kier molecular flexibility index (Phi) is 7.26. The van der Waals surface area contributed by atoms with Crippen LogP contribution < -0.4 is 10.1 Å².